The van der Waals surface area contributed by atoms with E-state index in [2.05, 4.69) is 18.0 Å². The summed E-state index contributed by atoms with van der Waals surface area (Å²) in [7, 11) is -4.85. The second-order valence-corrected chi connectivity index (χ2v) is 6.73. The molecule has 0 fully saturated rings. The maximum atomic E-state index is 13.2. The van der Waals surface area contributed by atoms with Crippen molar-refractivity contribution in [1.29, 1.82) is 0 Å². The van der Waals surface area contributed by atoms with Gasteiger partial charge >= 0.3 is 21.3 Å². The molecule has 134 valence electrons. The van der Waals surface area contributed by atoms with Crippen molar-refractivity contribution < 1.29 is 50.0 Å². The average molecular weight is 364 g/mol. The summed E-state index contributed by atoms with van der Waals surface area (Å²) in [5.74, 6) is -3.41. The van der Waals surface area contributed by atoms with Gasteiger partial charge in [0.1, 0.15) is 0 Å². The number of halogens is 4. The van der Waals surface area contributed by atoms with E-state index in [1.807, 2.05) is 0 Å². The van der Waals surface area contributed by atoms with Crippen LogP contribution in [0, 0.1) is 0 Å². The predicted octanol–water partition coefficient (Wildman–Crippen LogP) is 1.81. The highest BCUT2D eigenvalue weighted by atomic mass is 28.4. The van der Waals surface area contributed by atoms with E-state index in [-0.39, 0.29) is 0 Å². The minimum atomic E-state index is -4.93. The molecule has 12 heteroatoms. The highest BCUT2D eigenvalue weighted by molar-refractivity contribution is 6.66. The smallest absolute Gasteiger partial charge is 0.454 e. The fourth-order valence-corrected chi connectivity index (χ4v) is 4.03. The molecule has 1 unspecified atom stereocenters. The van der Waals surface area contributed by atoms with E-state index in [1.54, 1.807) is 0 Å². The lowest BCUT2D eigenvalue weighted by Crippen LogP contribution is -2.61. The molecule has 0 aromatic carbocycles. The minimum Gasteiger partial charge on any atom is -0.454 e. The summed E-state index contributed by atoms with van der Waals surface area (Å²) in [4.78, 5) is 33.5. The number of ether oxygens (including phenoxy) is 1. The number of alkyl halides is 4. The molecule has 0 aliphatic heterocycles. The fraction of sp³-hybridized carbons (Fsp3) is 0.727. The number of hydrogen-bond donors (Lipinski definition) is 0. The van der Waals surface area contributed by atoms with E-state index < -0.39 is 51.4 Å². The van der Waals surface area contributed by atoms with Crippen LogP contribution < -0.4 is 0 Å². The zero-order valence-electron chi connectivity index (χ0n) is 12.7. The maximum Gasteiger partial charge on any atom is 0.736 e. The largest absolute Gasteiger partial charge is 0.736 e. The second-order valence-electron chi connectivity index (χ2n) is 4.26. The molecule has 0 rings (SSSR count). The van der Waals surface area contributed by atoms with Gasteiger partial charge < -0.3 is 18.0 Å². The zero-order valence-corrected chi connectivity index (χ0v) is 13.7. The Morgan fingerprint density at radius 1 is 0.957 bits per heavy atom. The van der Waals surface area contributed by atoms with Crippen LogP contribution in [0.15, 0.2) is 0 Å². The molecule has 0 bridgehead atoms. The Labute approximate surface area is 130 Å². The topological polar surface area (TPSA) is 88.1 Å². The summed E-state index contributed by atoms with van der Waals surface area (Å²) < 4.78 is 68.8. The van der Waals surface area contributed by atoms with E-state index in [0.29, 0.717) is 0 Å². The lowest BCUT2D eigenvalue weighted by Gasteiger charge is -2.33. The molecule has 0 radical (unpaired) electrons. The number of carbonyl (C=O) groups excluding carboxylic acids is 3. The summed E-state index contributed by atoms with van der Waals surface area (Å²) in [6.45, 7) is 3.68. The van der Waals surface area contributed by atoms with Crippen LogP contribution >= 0.6 is 0 Å². The van der Waals surface area contributed by atoms with Crippen molar-refractivity contribution in [3.8, 4) is 0 Å². The van der Waals surface area contributed by atoms with Gasteiger partial charge in [0.15, 0.2) is 5.73 Å². The molecule has 0 saturated heterocycles. The predicted molar refractivity (Wildman–Crippen MR) is 67.2 cm³/mol. The highest BCUT2D eigenvalue weighted by Crippen LogP contribution is 2.31. The molecule has 0 aliphatic rings. The Morgan fingerprint density at radius 2 is 1.30 bits per heavy atom. The van der Waals surface area contributed by atoms with Gasteiger partial charge in [-0.2, -0.15) is 8.78 Å². The average Bonchev–Trinajstić information content (AvgIpc) is 2.32. The van der Waals surface area contributed by atoms with Crippen molar-refractivity contribution in [3.05, 3.63) is 0 Å². The van der Waals surface area contributed by atoms with Gasteiger partial charge in [-0.25, -0.2) is 8.78 Å². The minimum absolute atomic E-state index is 0.470. The molecule has 0 aromatic rings. The van der Waals surface area contributed by atoms with Crippen LogP contribution in [0.2, 0.25) is 0 Å². The van der Waals surface area contributed by atoms with Crippen molar-refractivity contribution in [2.24, 2.45) is 0 Å². The fourth-order valence-electron chi connectivity index (χ4n) is 1.51. The summed E-state index contributed by atoms with van der Waals surface area (Å²) in [6, 6.07) is 0. The second kappa shape index (κ2) is 8.24. The molecule has 0 saturated carbocycles. The van der Waals surface area contributed by atoms with E-state index >= 15 is 0 Å². The van der Waals surface area contributed by atoms with Crippen molar-refractivity contribution >= 4 is 26.7 Å². The molecule has 0 N–H and O–H groups in total. The van der Waals surface area contributed by atoms with Crippen LogP contribution in [0.25, 0.3) is 0 Å². The van der Waals surface area contributed by atoms with E-state index in [4.69, 9.17) is 0 Å². The molecular formula is C11H16F4O7Si. The quantitative estimate of drug-likeness (QED) is 0.479. The molecule has 23 heavy (non-hydrogen) atoms. The van der Waals surface area contributed by atoms with Crippen LogP contribution in [0.5, 0.6) is 0 Å². The third-order valence-corrected chi connectivity index (χ3v) is 5.21. The number of carbonyl (C=O) groups is 3. The van der Waals surface area contributed by atoms with Gasteiger partial charge in [0, 0.05) is 20.8 Å². The standard InChI is InChI=1S/C11H16F4O7Si/c1-5-9(19-11(14,15)10(12)13)23(20-6(2)16,21-7(3)17)22-8(4)18/h9-10H,5H2,1-4H3. The first-order valence-electron chi connectivity index (χ1n) is 6.28. The first kappa shape index (κ1) is 21.3. The molecule has 1 atom stereocenters. The van der Waals surface area contributed by atoms with Crippen LogP contribution in [0.3, 0.4) is 0 Å². The molecule has 7 nitrogen and oxygen atoms in total. The van der Waals surface area contributed by atoms with Crippen LogP contribution in [-0.2, 0) is 32.4 Å². The summed E-state index contributed by atoms with van der Waals surface area (Å²) in [5, 5.41) is 0. The Balaban J connectivity index is 5.84. The molecule has 0 spiro atoms. The molecule has 0 heterocycles. The Hall–Kier alpha value is -1.69. The van der Waals surface area contributed by atoms with Crippen LogP contribution in [-0.4, -0.2) is 45.0 Å². The molecule has 0 aromatic heterocycles. The Morgan fingerprint density at radius 3 is 1.52 bits per heavy atom. The number of rotatable bonds is 8. The summed E-state index contributed by atoms with van der Waals surface area (Å²) in [5.41, 5.74) is -2.07. The molecule has 0 aliphatic carbocycles. The zero-order chi connectivity index (χ0) is 18.4. The van der Waals surface area contributed by atoms with Gasteiger partial charge in [0.2, 0.25) is 0 Å². The normalized spacial score (nSPS) is 13.4. The monoisotopic (exact) mass is 364 g/mol. The first-order chi connectivity index (χ1) is 10.4. The van der Waals surface area contributed by atoms with Gasteiger partial charge in [0.25, 0.3) is 17.9 Å². The highest BCUT2D eigenvalue weighted by Gasteiger charge is 2.63. The lowest BCUT2D eigenvalue weighted by atomic mass is 10.5. The van der Waals surface area contributed by atoms with Crippen molar-refractivity contribution in [2.45, 2.75) is 52.4 Å². The van der Waals surface area contributed by atoms with Gasteiger partial charge in [-0.15, -0.1) is 0 Å². The van der Waals surface area contributed by atoms with Crippen LogP contribution in [0.1, 0.15) is 34.1 Å². The lowest BCUT2D eigenvalue weighted by molar-refractivity contribution is -0.313. The SMILES string of the molecule is CCC(OC(F)(F)C(F)F)[Si](OC(C)=O)(OC(C)=O)OC(C)=O. The Kier molecular flexibility index (Phi) is 7.63. The van der Waals surface area contributed by atoms with Gasteiger partial charge in [-0.05, 0) is 6.42 Å². The van der Waals surface area contributed by atoms with Crippen molar-refractivity contribution in [3.63, 3.8) is 0 Å². The van der Waals surface area contributed by atoms with Crippen molar-refractivity contribution in [1.82, 2.24) is 0 Å². The first-order valence-corrected chi connectivity index (χ1v) is 8.09. The Bertz CT molecular complexity index is 417. The van der Waals surface area contributed by atoms with E-state index in [1.165, 1.54) is 6.92 Å². The van der Waals surface area contributed by atoms with Gasteiger partial charge in [-0.1, -0.05) is 6.92 Å². The third kappa shape index (κ3) is 6.52. The van der Waals surface area contributed by atoms with Crippen LogP contribution in [0.4, 0.5) is 17.6 Å². The maximum absolute atomic E-state index is 13.2. The van der Waals surface area contributed by atoms with Gasteiger partial charge in [-0.3, -0.25) is 14.4 Å². The van der Waals surface area contributed by atoms with E-state index in [0.717, 1.165) is 20.8 Å². The molecule has 0 amide bonds. The molecular weight excluding hydrogens is 348 g/mol. The third-order valence-electron chi connectivity index (χ3n) is 2.18. The summed E-state index contributed by atoms with van der Waals surface area (Å²) in [6.07, 6.45) is -9.60. The number of hydrogen-bond acceptors (Lipinski definition) is 7. The van der Waals surface area contributed by atoms with E-state index in [9.17, 15) is 31.9 Å². The van der Waals surface area contributed by atoms with Crippen molar-refractivity contribution in [2.75, 3.05) is 0 Å². The summed E-state index contributed by atoms with van der Waals surface area (Å²) >= 11 is 0. The van der Waals surface area contributed by atoms with Gasteiger partial charge in [0.05, 0.1) is 0 Å².